The van der Waals surface area contributed by atoms with Gasteiger partial charge in [-0.15, -0.1) is 11.3 Å². The van der Waals surface area contributed by atoms with Crippen LogP contribution in [0.3, 0.4) is 0 Å². The summed E-state index contributed by atoms with van der Waals surface area (Å²) in [6, 6.07) is 6.27. The summed E-state index contributed by atoms with van der Waals surface area (Å²) in [7, 11) is 3.85. The molecule has 3 aromatic heterocycles. The first kappa shape index (κ1) is 23.1. The predicted molar refractivity (Wildman–Crippen MR) is 135 cm³/mol. The molecule has 4 rings (SSSR count). The Hall–Kier alpha value is -3.04. The molecule has 3 aromatic rings. The number of anilines is 2. The van der Waals surface area contributed by atoms with Crippen LogP contribution in [0.15, 0.2) is 36.1 Å². The topological polar surface area (TPSA) is 99.1 Å². The average Bonchev–Trinajstić information content (AvgIpc) is 3.33. The number of likely N-dealkylation sites (tertiary alicyclic amines) is 1. The molecule has 33 heavy (non-hydrogen) atoms. The van der Waals surface area contributed by atoms with Crippen molar-refractivity contribution in [3.63, 3.8) is 0 Å². The minimum absolute atomic E-state index is 0.287. The Morgan fingerprint density at radius 1 is 1.27 bits per heavy atom. The number of rotatable bonds is 9. The number of ether oxygens (including phenoxy) is 1. The lowest BCUT2D eigenvalue weighted by atomic mass is 10.0. The van der Waals surface area contributed by atoms with Gasteiger partial charge in [0.25, 0.3) is 0 Å². The number of hydrogen-bond acceptors (Lipinski definition) is 9. The van der Waals surface area contributed by atoms with E-state index in [1.54, 1.807) is 24.8 Å². The molecule has 0 aliphatic carbocycles. The fourth-order valence-electron chi connectivity index (χ4n) is 4.00. The first-order valence-corrected chi connectivity index (χ1v) is 12.1. The smallest absolute Gasteiger partial charge is 0.135 e. The molecule has 0 radical (unpaired) electrons. The van der Waals surface area contributed by atoms with Crippen molar-refractivity contribution >= 4 is 29.2 Å². The lowest BCUT2D eigenvalue weighted by molar-refractivity contribution is 0.263. The van der Waals surface area contributed by atoms with Gasteiger partial charge in [-0.3, -0.25) is 0 Å². The van der Waals surface area contributed by atoms with Crippen molar-refractivity contribution in [2.75, 3.05) is 44.4 Å². The number of hydrogen-bond donors (Lipinski definition) is 3. The Labute approximate surface area is 199 Å². The lowest BCUT2D eigenvalue weighted by Gasteiger charge is -2.30. The Kier molecular flexibility index (Phi) is 7.51. The van der Waals surface area contributed by atoms with Crippen LogP contribution < -0.4 is 15.4 Å². The molecule has 3 N–H and O–H groups in total. The summed E-state index contributed by atoms with van der Waals surface area (Å²) in [5.41, 5.74) is 2.40. The monoisotopic (exact) mass is 465 g/mol. The van der Waals surface area contributed by atoms with Crippen molar-refractivity contribution in [1.29, 1.82) is 5.41 Å². The fourth-order valence-corrected chi connectivity index (χ4v) is 4.92. The minimum Gasteiger partial charge on any atom is -0.496 e. The van der Waals surface area contributed by atoms with E-state index in [2.05, 4.69) is 44.5 Å². The van der Waals surface area contributed by atoms with Crippen molar-refractivity contribution in [3.05, 3.63) is 46.5 Å². The normalized spacial score (nSPS) is 15.7. The number of pyridine rings is 1. The van der Waals surface area contributed by atoms with E-state index in [0.29, 0.717) is 6.04 Å². The molecule has 0 amide bonds. The maximum Gasteiger partial charge on any atom is 0.135 e. The number of nitrogens with zero attached hydrogens (tertiary/aromatic N) is 4. The van der Waals surface area contributed by atoms with Gasteiger partial charge < -0.3 is 25.7 Å². The Morgan fingerprint density at radius 3 is 2.85 bits per heavy atom. The molecule has 174 valence electrons. The molecule has 0 spiro atoms. The first-order chi connectivity index (χ1) is 16.1. The third-order valence-corrected chi connectivity index (χ3v) is 7.14. The summed E-state index contributed by atoms with van der Waals surface area (Å²) in [6.07, 6.45) is 6.88. The highest BCUT2D eigenvalue weighted by atomic mass is 32.1. The Balaban J connectivity index is 1.44. The highest BCUT2D eigenvalue weighted by molar-refractivity contribution is 7.10. The third kappa shape index (κ3) is 5.66. The van der Waals surface area contributed by atoms with Crippen LogP contribution in [-0.2, 0) is 0 Å². The molecule has 4 heterocycles. The van der Waals surface area contributed by atoms with Gasteiger partial charge >= 0.3 is 0 Å². The molecule has 1 saturated heterocycles. The molecule has 1 unspecified atom stereocenters. The number of piperidine rings is 1. The van der Waals surface area contributed by atoms with Crippen molar-refractivity contribution in [2.45, 2.75) is 31.7 Å². The second-order valence-corrected chi connectivity index (χ2v) is 9.40. The van der Waals surface area contributed by atoms with E-state index in [0.717, 1.165) is 66.7 Å². The fraction of sp³-hybridized carbons (Fsp3) is 0.417. The van der Waals surface area contributed by atoms with Gasteiger partial charge in [0.1, 0.15) is 23.7 Å². The molecule has 9 heteroatoms. The van der Waals surface area contributed by atoms with Gasteiger partial charge in [-0.05, 0) is 50.5 Å². The summed E-state index contributed by atoms with van der Waals surface area (Å²) in [5.74, 6) is 2.73. The van der Waals surface area contributed by atoms with E-state index < -0.39 is 0 Å². The van der Waals surface area contributed by atoms with Gasteiger partial charge in [0, 0.05) is 48.1 Å². The second kappa shape index (κ2) is 10.7. The van der Waals surface area contributed by atoms with E-state index >= 15 is 0 Å². The van der Waals surface area contributed by atoms with Gasteiger partial charge in [0.15, 0.2) is 0 Å². The van der Waals surface area contributed by atoms with Crippen molar-refractivity contribution in [1.82, 2.24) is 19.9 Å². The molecular weight excluding hydrogens is 434 g/mol. The van der Waals surface area contributed by atoms with Crippen LogP contribution >= 0.6 is 11.3 Å². The predicted octanol–water partition coefficient (Wildman–Crippen LogP) is 4.33. The van der Waals surface area contributed by atoms with E-state index in [-0.39, 0.29) is 5.92 Å². The van der Waals surface area contributed by atoms with Gasteiger partial charge in [-0.2, -0.15) is 0 Å². The molecule has 0 bridgehead atoms. The second-order valence-electron chi connectivity index (χ2n) is 8.45. The van der Waals surface area contributed by atoms with Gasteiger partial charge in [-0.25, -0.2) is 15.0 Å². The number of aromatic nitrogens is 3. The minimum atomic E-state index is 0.287. The molecule has 8 nitrogen and oxygen atoms in total. The van der Waals surface area contributed by atoms with Gasteiger partial charge in [0.05, 0.1) is 17.7 Å². The summed E-state index contributed by atoms with van der Waals surface area (Å²) in [6.45, 7) is 5.05. The van der Waals surface area contributed by atoms with Crippen LogP contribution in [0, 0.1) is 5.41 Å². The van der Waals surface area contributed by atoms with Crippen LogP contribution in [-0.4, -0.2) is 65.9 Å². The first-order valence-electron chi connectivity index (χ1n) is 11.2. The number of nitrogens with one attached hydrogen (secondary N) is 3. The van der Waals surface area contributed by atoms with E-state index in [1.807, 2.05) is 29.8 Å². The van der Waals surface area contributed by atoms with E-state index in [9.17, 15) is 0 Å². The summed E-state index contributed by atoms with van der Waals surface area (Å²) < 4.78 is 5.44. The Morgan fingerprint density at radius 2 is 2.09 bits per heavy atom. The molecular formula is C24H31N7OS. The maximum atomic E-state index is 7.88. The van der Waals surface area contributed by atoms with Crippen LogP contribution in [0.4, 0.5) is 11.6 Å². The summed E-state index contributed by atoms with van der Waals surface area (Å²) in [5, 5.41) is 16.9. The lowest BCUT2D eigenvalue weighted by Crippen LogP contribution is -2.37. The third-order valence-electron chi connectivity index (χ3n) is 6.01. The van der Waals surface area contributed by atoms with Crippen LogP contribution in [0.1, 0.15) is 36.1 Å². The summed E-state index contributed by atoms with van der Waals surface area (Å²) in [4.78, 5) is 17.0. The average molecular weight is 466 g/mol. The molecule has 1 fully saturated rings. The zero-order valence-electron chi connectivity index (χ0n) is 19.3. The summed E-state index contributed by atoms with van der Waals surface area (Å²) >= 11 is 1.70. The maximum absolute atomic E-state index is 7.88. The van der Waals surface area contributed by atoms with Crippen molar-refractivity contribution in [3.8, 4) is 17.0 Å². The van der Waals surface area contributed by atoms with Crippen molar-refractivity contribution in [2.24, 2.45) is 0 Å². The van der Waals surface area contributed by atoms with Gasteiger partial charge in [-0.1, -0.05) is 6.92 Å². The zero-order chi connectivity index (χ0) is 23.2. The van der Waals surface area contributed by atoms with Crippen LogP contribution in [0.2, 0.25) is 0 Å². The van der Waals surface area contributed by atoms with Crippen LogP contribution in [0.5, 0.6) is 5.75 Å². The molecule has 1 aliphatic heterocycles. The largest absolute Gasteiger partial charge is 0.496 e. The van der Waals surface area contributed by atoms with E-state index in [1.165, 1.54) is 11.1 Å². The highest BCUT2D eigenvalue weighted by Crippen LogP contribution is 2.32. The Bertz CT molecular complexity index is 1080. The van der Waals surface area contributed by atoms with Gasteiger partial charge in [0.2, 0.25) is 0 Å². The highest BCUT2D eigenvalue weighted by Gasteiger charge is 2.18. The number of thiophene rings is 1. The van der Waals surface area contributed by atoms with Crippen LogP contribution in [0.25, 0.3) is 11.3 Å². The van der Waals surface area contributed by atoms with Crippen molar-refractivity contribution < 1.29 is 4.74 Å². The quantitative estimate of drug-likeness (QED) is 0.405. The number of methoxy groups -OCH3 is 1. The molecule has 0 saturated carbocycles. The molecule has 1 aliphatic rings. The standard InChI is InChI=1S/C24H31N7OS/c1-16(23-21(32-3)6-9-33-23)13-26-22-11-20(28-15-29-22)18-10-17(12-25)24(27-14-18)30-19-4-7-31(2)8-5-19/h6,9-12,14-16,19,25H,4-5,7-8,13H2,1-3H3,(H,27,30)(H,26,28,29). The zero-order valence-corrected chi connectivity index (χ0v) is 20.2. The van der Waals surface area contributed by atoms with E-state index in [4.69, 9.17) is 10.1 Å². The molecule has 0 aromatic carbocycles. The SMILES string of the molecule is COc1ccsc1C(C)CNc1cc(-c2cnc(NC3CCN(C)CC3)c(C=N)c2)ncn1. The molecule has 1 atom stereocenters.